The summed E-state index contributed by atoms with van der Waals surface area (Å²) in [6, 6.07) is -0.833. The number of ether oxygens (including phenoxy) is 1. The van der Waals surface area contributed by atoms with Gasteiger partial charge < -0.3 is 16.2 Å². The van der Waals surface area contributed by atoms with E-state index in [1.165, 1.54) is 64.2 Å². The molecule has 1 heterocycles. The molecule has 120 valence electrons. The van der Waals surface area contributed by atoms with E-state index >= 15 is 0 Å². The van der Waals surface area contributed by atoms with Crippen LogP contribution in [0.15, 0.2) is 0 Å². The van der Waals surface area contributed by atoms with Gasteiger partial charge in [-0.1, -0.05) is 52.4 Å². The van der Waals surface area contributed by atoms with Gasteiger partial charge in [0.05, 0.1) is 6.61 Å². The van der Waals surface area contributed by atoms with Crippen molar-refractivity contribution in [3.05, 3.63) is 0 Å². The highest BCUT2D eigenvalue weighted by Gasteiger charge is 2.31. The first kappa shape index (κ1) is 19.2. The Bertz CT molecular complexity index is 223. The second-order valence-corrected chi connectivity index (χ2v) is 5.97. The van der Waals surface area contributed by atoms with Crippen molar-refractivity contribution in [2.24, 2.45) is 16.9 Å². The fourth-order valence-electron chi connectivity index (χ4n) is 2.93. The maximum absolute atomic E-state index is 9.00. The van der Waals surface area contributed by atoms with E-state index in [9.17, 15) is 0 Å². The first-order valence-corrected chi connectivity index (χ1v) is 8.19. The molecule has 4 heteroatoms. The minimum atomic E-state index is -0.833. The van der Waals surface area contributed by atoms with Crippen molar-refractivity contribution >= 4 is 6.03 Å². The lowest BCUT2D eigenvalue weighted by atomic mass is 9.74. The Labute approximate surface area is 124 Å². The van der Waals surface area contributed by atoms with Crippen molar-refractivity contribution in [1.29, 1.82) is 0 Å². The molecule has 1 fully saturated rings. The molecule has 1 aliphatic rings. The fourth-order valence-corrected chi connectivity index (χ4v) is 2.93. The van der Waals surface area contributed by atoms with Crippen molar-refractivity contribution in [1.82, 2.24) is 0 Å². The standard InChI is InChI=1S/C15H30O.CH4N2O/c1-3-5-7-10-15(11-8-6-4-2)12-9-13-16-14-15;2-1(3)4/h3-14H2,1-2H3;(H4,2,3,4). The van der Waals surface area contributed by atoms with Gasteiger partial charge in [-0.3, -0.25) is 0 Å². The topological polar surface area (TPSA) is 78.3 Å². The minimum Gasteiger partial charge on any atom is -0.381 e. The molecule has 0 unspecified atom stereocenters. The number of carbonyl (C=O) groups is 1. The van der Waals surface area contributed by atoms with Crippen LogP contribution in [0.4, 0.5) is 4.79 Å². The Kier molecular flexibility index (Phi) is 11.5. The maximum Gasteiger partial charge on any atom is 0.309 e. The molecule has 0 aromatic heterocycles. The van der Waals surface area contributed by atoms with Gasteiger partial charge in [0, 0.05) is 6.61 Å². The van der Waals surface area contributed by atoms with Gasteiger partial charge in [-0.2, -0.15) is 0 Å². The monoisotopic (exact) mass is 286 g/mol. The molecule has 2 amide bonds. The van der Waals surface area contributed by atoms with Crippen molar-refractivity contribution in [3.8, 4) is 0 Å². The summed E-state index contributed by atoms with van der Waals surface area (Å²) in [4.78, 5) is 9.00. The molecule has 4 N–H and O–H groups in total. The Balaban J connectivity index is 0.000000796. The average Bonchev–Trinajstić information content (AvgIpc) is 2.40. The first-order chi connectivity index (χ1) is 9.56. The predicted octanol–water partition coefficient (Wildman–Crippen LogP) is 3.97. The van der Waals surface area contributed by atoms with Gasteiger partial charge in [-0.15, -0.1) is 0 Å². The van der Waals surface area contributed by atoms with Gasteiger partial charge in [-0.05, 0) is 31.1 Å². The number of amides is 2. The molecular weight excluding hydrogens is 252 g/mol. The fraction of sp³-hybridized carbons (Fsp3) is 0.938. The summed E-state index contributed by atoms with van der Waals surface area (Å²) in [7, 11) is 0. The van der Waals surface area contributed by atoms with Crippen LogP contribution in [0, 0.1) is 5.41 Å². The van der Waals surface area contributed by atoms with E-state index in [2.05, 4.69) is 25.3 Å². The third-order valence-corrected chi connectivity index (χ3v) is 4.03. The summed E-state index contributed by atoms with van der Waals surface area (Å²) < 4.78 is 5.75. The number of primary amides is 2. The van der Waals surface area contributed by atoms with Crippen LogP contribution in [0.1, 0.15) is 78.1 Å². The smallest absolute Gasteiger partial charge is 0.309 e. The number of hydrogen-bond donors (Lipinski definition) is 2. The molecule has 1 rings (SSSR count). The average molecular weight is 286 g/mol. The molecule has 20 heavy (non-hydrogen) atoms. The molecule has 0 atom stereocenters. The Morgan fingerprint density at radius 1 is 1.05 bits per heavy atom. The van der Waals surface area contributed by atoms with Gasteiger partial charge in [0.2, 0.25) is 0 Å². The van der Waals surface area contributed by atoms with Crippen LogP contribution in [0.25, 0.3) is 0 Å². The number of rotatable bonds is 8. The van der Waals surface area contributed by atoms with E-state index in [0.717, 1.165) is 13.2 Å². The van der Waals surface area contributed by atoms with Crippen LogP contribution >= 0.6 is 0 Å². The van der Waals surface area contributed by atoms with Crippen LogP contribution in [-0.2, 0) is 4.74 Å². The molecular formula is C16H34N2O2. The molecule has 4 nitrogen and oxygen atoms in total. The van der Waals surface area contributed by atoms with Crippen molar-refractivity contribution in [2.45, 2.75) is 78.1 Å². The Hall–Kier alpha value is -0.770. The van der Waals surface area contributed by atoms with Gasteiger partial charge in [-0.25, -0.2) is 4.79 Å². The molecule has 1 saturated heterocycles. The van der Waals surface area contributed by atoms with E-state index in [-0.39, 0.29) is 0 Å². The summed E-state index contributed by atoms with van der Waals surface area (Å²) in [5.74, 6) is 0. The molecule has 0 spiro atoms. The number of urea groups is 1. The normalized spacial score (nSPS) is 17.1. The number of hydrogen-bond acceptors (Lipinski definition) is 2. The molecule has 0 bridgehead atoms. The third-order valence-electron chi connectivity index (χ3n) is 4.03. The zero-order valence-electron chi connectivity index (χ0n) is 13.5. The number of carbonyl (C=O) groups excluding carboxylic acids is 1. The maximum atomic E-state index is 9.00. The Morgan fingerprint density at radius 2 is 1.55 bits per heavy atom. The second-order valence-electron chi connectivity index (χ2n) is 5.97. The quantitative estimate of drug-likeness (QED) is 0.662. The Morgan fingerprint density at radius 3 is 1.90 bits per heavy atom. The molecule has 0 saturated carbocycles. The van der Waals surface area contributed by atoms with Crippen molar-refractivity contribution in [3.63, 3.8) is 0 Å². The van der Waals surface area contributed by atoms with Crippen LogP contribution in [-0.4, -0.2) is 19.2 Å². The predicted molar refractivity (Wildman–Crippen MR) is 84.5 cm³/mol. The van der Waals surface area contributed by atoms with Crippen LogP contribution in [0.2, 0.25) is 0 Å². The van der Waals surface area contributed by atoms with E-state index in [0.29, 0.717) is 5.41 Å². The lowest BCUT2D eigenvalue weighted by Gasteiger charge is -2.37. The van der Waals surface area contributed by atoms with Gasteiger partial charge in [0.1, 0.15) is 0 Å². The van der Waals surface area contributed by atoms with Gasteiger partial charge in [0.15, 0.2) is 0 Å². The largest absolute Gasteiger partial charge is 0.381 e. The van der Waals surface area contributed by atoms with Crippen LogP contribution in [0.3, 0.4) is 0 Å². The minimum absolute atomic E-state index is 0.558. The molecule has 0 aliphatic carbocycles. The van der Waals surface area contributed by atoms with Crippen molar-refractivity contribution < 1.29 is 9.53 Å². The van der Waals surface area contributed by atoms with Gasteiger partial charge >= 0.3 is 6.03 Å². The highest BCUT2D eigenvalue weighted by atomic mass is 16.5. The zero-order chi connectivity index (χ0) is 15.3. The highest BCUT2D eigenvalue weighted by Crippen LogP contribution is 2.39. The second kappa shape index (κ2) is 12.0. The van der Waals surface area contributed by atoms with E-state index in [1.807, 2.05) is 0 Å². The number of nitrogens with two attached hydrogens (primary N) is 2. The summed E-state index contributed by atoms with van der Waals surface area (Å²) >= 11 is 0. The molecule has 1 aliphatic heterocycles. The van der Waals surface area contributed by atoms with E-state index in [4.69, 9.17) is 9.53 Å². The summed E-state index contributed by atoms with van der Waals surface area (Å²) in [5, 5.41) is 0. The van der Waals surface area contributed by atoms with E-state index < -0.39 is 6.03 Å². The highest BCUT2D eigenvalue weighted by molar-refractivity contribution is 5.69. The number of unbranched alkanes of at least 4 members (excludes halogenated alkanes) is 4. The lowest BCUT2D eigenvalue weighted by Crippen LogP contribution is -2.31. The summed E-state index contributed by atoms with van der Waals surface area (Å²) in [6.45, 7) is 6.63. The molecule has 0 radical (unpaired) electrons. The SMILES string of the molecule is CCCCCC1(CCCCC)CCCOC1.NC(N)=O. The summed E-state index contributed by atoms with van der Waals surface area (Å²) in [6.07, 6.45) is 13.8. The van der Waals surface area contributed by atoms with Crippen molar-refractivity contribution in [2.75, 3.05) is 13.2 Å². The van der Waals surface area contributed by atoms with Gasteiger partial charge in [0.25, 0.3) is 0 Å². The van der Waals surface area contributed by atoms with E-state index in [1.54, 1.807) is 0 Å². The van der Waals surface area contributed by atoms with Crippen LogP contribution in [0.5, 0.6) is 0 Å². The third kappa shape index (κ3) is 10.1. The lowest BCUT2D eigenvalue weighted by molar-refractivity contribution is -0.0200. The molecule has 0 aromatic rings. The zero-order valence-corrected chi connectivity index (χ0v) is 13.5. The summed E-state index contributed by atoms with van der Waals surface area (Å²) in [5.41, 5.74) is 9.06. The first-order valence-electron chi connectivity index (χ1n) is 8.19. The van der Waals surface area contributed by atoms with Crippen LogP contribution < -0.4 is 11.5 Å². The molecule has 0 aromatic carbocycles.